The summed E-state index contributed by atoms with van der Waals surface area (Å²) in [7, 11) is 3.37. The topological polar surface area (TPSA) is 76.6 Å². The molecule has 7 heteroatoms. The Bertz CT molecular complexity index is 1200. The average Bonchev–Trinajstić information content (AvgIpc) is 3.04. The van der Waals surface area contributed by atoms with Gasteiger partial charge in [-0.2, -0.15) is 0 Å². The van der Waals surface area contributed by atoms with E-state index in [0.717, 1.165) is 65.3 Å². The minimum absolute atomic E-state index is 0.00878. The van der Waals surface area contributed by atoms with Crippen molar-refractivity contribution in [2.45, 2.75) is 45.3 Å². The third kappa shape index (κ3) is 4.23. The first-order valence-electron chi connectivity index (χ1n) is 11.8. The van der Waals surface area contributed by atoms with Crippen molar-refractivity contribution in [3.05, 3.63) is 59.9 Å². The fourth-order valence-corrected chi connectivity index (χ4v) is 5.01. The number of fused-ring (bicyclic) bond motifs is 2. The maximum atomic E-state index is 13.9. The molecule has 0 saturated heterocycles. The summed E-state index contributed by atoms with van der Waals surface area (Å²) in [6, 6.07) is 14.0. The molecule has 1 aliphatic carbocycles. The third-order valence-electron chi connectivity index (χ3n) is 6.96. The summed E-state index contributed by atoms with van der Waals surface area (Å²) >= 11 is 0. The number of anilines is 3. The quantitative estimate of drug-likeness (QED) is 0.575. The third-order valence-corrected chi connectivity index (χ3v) is 6.96. The number of carbonyl (C=O) groups is 1. The van der Waals surface area contributed by atoms with Crippen molar-refractivity contribution >= 4 is 23.1 Å². The summed E-state index contributed by atoms with van der Waals surface area (Å²) in [5.41, 5.74) is 5.64. The molecule has 1 amide bonds. The minimum Gasteiger partial charge on any atom is -0.481 e. The highest BCUT2D eigenvalue weighted by molar-refractivity contribution is 6.00. The van der Waals surface area contributed by atoms with Crippen LogP contribution in [-0.4, -0.2) is 36.2 Å². The lowest BCUT2D eigenvalue weighted by Gasteiger charge is -2.32. The Balaban J connectivity index is 1.55. The zero-order valence-corrected chi connectivity index (χ0v) is 19.9. The highest BCUT2D eigenvalue weighted by Gasteiger charge is 2.33. The summed E-state index contributed by atoms with van der Waals surface area (Å²) < 4.78 is 10.8. The fraction of sp³-hybridized carbons (Fsp3) is 0.370. The second-order valence-electron chi connectivity index (χ2n) is 8.99. The number of rotatable bonds is 4. The van der Waals surface area contributed by atoms with Crippen LogP contribution in [0.1, 0.15) is 36.9 Å². The average molecular weight is 459 g/mol. The van der Waals surface area contributed by atoms with Crippen molar-refractivity contribution in [1.82, 2.24) is 9.97 Å². The van der Waals surface area contributed by atoms with Crippen LogP contribution < -0.4 is 15.0 Å². The molecule has 0 radical (unpaired) electrons. The Morgan fingerprint density at radius 1 is 1.09 bits per heavy atom. The van der Waals surface area contributed by atoms with Crippen molar-refractivity contribution in [2.24, 2.45) is 5.92 Å². The number of aryl methyl sites for hydroxylation is 1. The number of hydrogen-bond donors (Lipinski definition) is 1. The molecule has 0 spiro atoms. The lowest BCUT2D eigenvalue weighted by molar-refractivity contribution is -0.124. The van der Waals surface area contributed by atoms with Gasteiger partial charge in [-0.15, -0.1) is 0 Å². The predicted octanol–water partition coefficient (Wildman–Crippen LogP) is 5.26. The van der Waals surface area contributed by atoms with E-state index in [1.54, 1.807) is 20.4 Å². The van der Waals surface area contributed by atoms with Crippen molar-refractivity contribution < 1.29 is 14.3 Å². The largest absolute Gasteiger partial charge is 0.481 e. The number of nitrogens with one attached hydrogen (secondary N) is 1. The van der Waals surface area contributed by atoms with Crippen molar-refractivity contribution in [3.63, 3.8) is 0 Å². The first-order chi connectivity index (χ1) is 16.6. The summed E-state index contributed by atoms with van der Waals surface area (Å²) in [6.45, 7) is 2.45. The number of amides is 1. The van der Waals surface area contributed by atoms with E-state index in [1.165, 1.54) is 0 Å². The molecule has 2 aliphatic rings. The molecule has 3 heterocycles. The minimum atomic E-state index is -0.00878. The molecule has 1 aromatic carbocycles. The second-order valence-corrected chi connectivity index (χ2v) is 8.99. The van der Waals surface area contributed by atoms with Crippen LogP contribution in [0, 0.1) is 12.8 Å². The van der Waals surface area contributed by atoms with Gasteiger partial charge in [-0.25, -0.2) is 9.97 Å². The molecule has 3 aromatic rings. The van der Waals surface area contributed by atoms with Gasteiger partial charge >= 0.3 is 0 Å². The van der Waals surface area contributed by atoms with E-state index in [1.807, 2.05) is 42.2 Å². The molecular formula is C27H30N4O3. The van der Waals surface area contributed by atoms with Gasteiger partial charge in [0.2, 0.25) is 11.8 Å². The van der Waals surface area contributed by atoms with Crippen molar-refractivity contribution in [2.75, 3.05) is 24.4 Å². The molecule has 7 nitrogen and oxygen atoms in total. The molecule has 1 N–H and O–H groups in total. The highest BCUT2D eigenvalue weighted by Crippen LogP contribution is 2.40. The number of methoxy groups -OCH3 is 2. The van der Waals surface area contributed by atoms with E-state index in [0.29, 0.717) is 12.4 Å². The molecule has 1 saturated carbocycles. The molecular weight excluding hydrogens is 428 g/mol. The molecule has 0 bridgehead atoms. The van der Waals surface area contributed by atoms with Crippen LogP contribution >= 0.6 is 0 Å². The van der Waals surface area contributed by atoms with Gasteiger partial charge in [0.25, 0.3) is 0 Å². The van der Waals surface area contributed by atoms with Gasteiger partial charge in [-0.05, 0) is 62.4 Å². The molecule has 0 atom stereocenters. The zero-order valence-electron chi connectivity index (χ0n) is 19.9. The van der Waals surface area contributed by atoms with E-state index in [4.69, 9.17) is 9.47 Å². The smallest absolute Gasteiger partial charge is 0.230 e. The Kier molecular flexibility index (Phi) is 6.20. The van der Waals surface area contributed by atoms with Gasteiger partial charge in [0.05, 0.1) is 31.1 Å². The molecule has 34 heavy (non-hydrogen) atoms. The second kappa shape index (κ2) is 9.43. The Morgan fingerprint density at radius 2 is 1.91 bits per heavy atom. The van der Waals surface area contributed by atoms with Gasteiger partial charge < -0.3 is 19.7 Å². The monoisotopic (exact) mass is 458 g/mol. The van der Waals surface area contributed by atoms with Gasteiger partial charge in [0, 0.05) is 42.1 Å². The normalized spacial score (nSPS) is 19.4. The maximum Gasteiger partial charge on any atom is 0.230 e. The van der Waals surface area contributed by atoms with E-state index in [-0.39, 0.29) is 17.9 Å². The molecule has 0 unspecified atom stereocenters. The molecule has 5 rings (SSSR count). The number of aromatic nitrogens is 2. The van der Waals surface area contributed by atoms with Gasteiger partial charge in [0.1, 0.15) is 5.82 Å². The SMILES string of the molecule is COc1ccc(-c2ccc3c(c2)N(C(=O)C2CCC(OC)CC2)Cc2cccnc2N3)c(C)n1. The number of benzene rings is 1. The first-order valence-corrected chi connectivity index (χ1v) is 11.8. The van der Waals surface area contributed by atoms with E-state index < -0.39 is 0 Å². The van der Waals surface area contributed by atoms with Crippen LogP contribution in [0.25, 0.3) is 11.1 Å². The van der Waals surface area contributed by atoms with E-state index >= 15 is 0 Å². The zero-order chi connectivity index (χ0) is 23.7. The number of hydrogen-bond acceptors (Lipinski definition) is 6. The maximum absolute atomic E-state index is 13.9. The van der Waals surface area contributed by atoms with Crippen LogP contribution in [0.15, 0.2) is 48.7 Å². The summed E-state index contributed by atoms with van der Waals surface area (Å²) in [5, 5.41) is 3.46. The van der Waals surface area contributed by atoms with Crippen molar-refractivity contribution in [1.29, 1.82) is 0 Å². The summed E-state index contributed by atoms with van der Waals surface area (Å²) in [5.74, 6) is 1.53. The standard InChI is InChI=1S/C27H30N4O3/c1-17-22(11-13-25(29-17)34-3)19-8-12-23-24(15-19)31(16-20-5-4-14-28-26(20)30-23)27(32)18-6-9-21(33-2)10-7-18/h4-5,8,11-15,18,21H,6-7,9-10,16H2,1-3H3,(H,28,30). The molecule has 1 aliphatic heterocycles. The molecule has 2 aromatic heterocycles. The molecule has 1 fully saturated rings. The van der Waals surface area contributed by atoms with Crippen LogP contribution in [0.2, 0.25) is 0 Å². The summed E-state index contributed by atoms with van der Waals surface area (Å²) in [4.78, 5) is 24.9. The van der Waals surface area contributed by atoms with Crippen molar-refractivity contribution in [3.8, 4) is 17.0 Å². The predicted molar refractivity (Wildman–Crippen MR) is 132 cm³/mol. The van der Waals surface area contributed by atoms with Gasteiger partial charge in [-0.1, -0.05) is 12.1 Å². The van der Waals surface area contributed by atoms with E-state index in [2.05, 4.69) is 27.4 Å². The Morgan fingerprint density at radius 3 is 2.65 bits per heavy atom. The molecule has 176 valence electrons. The lowest BCUT2D eigenvalue weighted by atomic mass is 9.86. The van der Waals surface area contributed by atoms with Crippen LogP contribution in [-0.2, 0) is 16.1 Å². The highest BCUT2D eigenvalue weighted by atomic mass is 16.5. The van der Waals surface area contributed by atoms with Gasteiger partial charge in [-0.3, -0.25) is 4.79 Å². The Labute approximate surface area is 200 Å². The fourth-order valence-electron chi connectivity index (χ4n) is 5.01. The van der Waals surface area contributed by atoms with Gasteiger partial charge in [0.15, 0.2) is 0 Å². The number of nitrogens with zero attached hydrogens (tertiary/aromatic N) is 3. The van der Waals surface area contributed by atoms with Crippen LogP contribution in [0.3, 0.4) is 0 Å². The summed E-state index contributed by atoms with van der Waals surface area (Å²) in [6.07, 6.45) is 5.55. The lowest BCUT2D eigenvalue weighted by Crippen LogP contribution is -2.38. The number of carbonyl (C=O) groups excluding carboxylic acids is 1. The number of ether oxygens (including phenoxy) is 2. The first kappa shape index (κ1) is 22.3. The van der Waals surface area contributed by atoms with Crippen LogP contribution in [0.4, 0.5) is 17.2 Å². The van der Waals surface area contributed by atoms with Crippen LogP contribution in [0.5, 0.6) is 5.88 Å². The number of pyridine rings is 2. The Hall–Kier alpha value is -3.45. The van der Waals surface area contributed by atoms with E-state index in [9.17, 15) is 4.79 Å².